The van der Waals surface area contributed by atoms with Gasteiger partial charge < -0.3 is 10.2 Å². The highest BCUT2D eigenvalue weighted by atomic mass is 32.1. The molecule has 1 aliphatic heterocycles. The molecule has 0 aliphatic carbocycles. The van der Waals surface area contributed by atoms with Crippen molar-refractivity contribution in [1.82, 2.24) is 14.7 Å². The molecule has 1 aliphatic rings. The van der Waals surface area contributed by atoms with Gasteiger partial charge in [-0.05, 0) is 17.9 Å². The van der Waals surface area contributed by atoms with Gasteiger partial charge in [-0.25, -0.2) is 0 Å². The molecule has 6 nitrogen and oxygen atoms in total. The number of rotatable bonds is 5. The number of thiophene rings is 1. The predicted octanol–water partition coefficient (Wildman–Crippen LogP) is 2.64. The number of nitrogens with zero attached hydrogens (tertiary/aromatic N) is 3. The first-order chi connectivity index (χ1) is 11.8. The van der Waals surface area contributed by atoms with E-state index in [1.165, 1.54) is 16.2 Å². The summed E-state index contributed by atoms with van der Waals surface area (Å²) in [5.74, 6) is -0.532. The summed E-state index contributed by atoms with van der Waals surface area (Å²) >= 11 is 1.49. The third-order valence-electron chi connectivity index (χ3n) is 3.78. The van der Waals surface area contributed by atoms with Crippen LogP contribution in [0.1, 0.15) is 17.7 Å². The van der Waals surface area contributed by atoms with E-state index in [0.29, 0.717) is 17.6 Å². The summed E-state index contributed by atoms with van der Waals surface area (Å²) in [6, 6.07) is 3.11. The van der Waals surface area contributed by atoms with Crippen LogP contribution in [0, 0.1) is 0 Å². The lowest BCUT2D eigenvalue weighted by molar-refractivity contribution is -0.142. The fourth-order valence-corrected chi connectivity index (χ4v) is 3.40. The van der Waals surface area contributed by atoms with Gasteiger partial charge in [0.05, 0.1) is 18.4 Å². The zero-order valence-corrected chi connectivity index (χ0v) is 13.8. The zero-order valence-electron chi connectivity index (χ0n) is 13.0. The van der Waals surface area contributed by atoms with Crippen LogP contribution in [0.4, 0.5) is 18.9 Å². The van der Waals surface area contributed by atoms with Crippen LogP contribution >= 0.6 is 11.3 Å². The van der Waals surface area contributed by atoms with E-state index < -0.39 is 24.7 Å². The summed E-state index contributed by atoms with van der Waals surface area (Å²) in [6.45, 7) is -0.878. The molecule has 1 fully saturated rings. The van der Waals surface area contributed by atoms with E-state index in [-0.39, 0.29) is 18.0 Å². The zero-order chi connectivity index (χ0) is 18.0. The Bertz CT molecular complexity index is 757. The first-order valence-corrected chi connectivity index (χ1v) is 8.42. The number of anilines is 1. The molecule has 1 unspecified atom stereocenters. The summed E-state index contributed by atoms with van der Waals surface area (Å²) in [6.07, 6.45) is -1.46. The molecule has 1 N–H and O–H groups in total. The van der Waals surface area contributed by atoms with Crippen molar-refractivity contribution in [3.8, 4) is 0 Å². The van der Waals surface area contributed by atoms with Gasteiger partial charge in [-0.3, -0.25) is 14.3 Å². The van der Waals surface area contributed by atoms with Crippen molar-refractivity contribution < 1.29 is 22.8 Å². The number of likely N-dealkylation sites (tertiary alicyclic amines) is 1. The van der Waals surface area contributed by atoms with Gasteiger partial charge in [0, 0.05) is 17.5 Å². The Morgan fingerprint density at radius 2 is 2.24 bits per heavy atom. The minimum Gasteiger partial charge on any atom is -0.326 e. The largest absolute Gasteiger partial charge is 0.408 e. The van der Waals surface area contributed by atoms with Crippen LogP contribution in [-0.4, -0.2) is 38.7 Å². The van der Waals surface area contributed by atoms with Crippen LogP contribution in [0.3, 0.4) is 0 Å². The Kier molecular flexibility index (Phi) is 4.80. The Morgan fingerprint density at radius 3 is 2.92 bits per heavy atom. The summed E-state index contributed by atoms with van der Waals surface area (Å²) in [7, 11) is 0. The number of hydrogen-bond acceptors (Lipinski definition) is 4. The molecule has 2 aromatic heterocycles. The van der Waals surface area contributed by atoms with E-state index in [2.05, 4.69) is 10.4 Å². The predicted molar refractivity (Wildman–Crippen MR) is 84.8 cm³/mol. The van der Waals surface area contributed by atoms with Crippen LogP contribution in [-0.2, 0) is 22.7 Å². The molecule has 0 saturated carbocycles. The highest BCUT2D eigenvalue weighted by Gasteiger charge is 2.36. The molecule has 10 heteroatoms. The molecule has 1 saturated heterocycles. The van der Waals surface area contributed by atoms with Crippen molar-refractivity contribution in [2.75, 3.05) is 5.32 Å². The van der Waals surface area contributed by atoms with Crippen LogP contribution in [0.2, 0.25) is 0 Å². The third kappa shape index (κ3) is 4.38. The van der Waals surface area contributed by atoms with Crippen molar-refractivity contribution in [2.24, 2.45) is 0 Å². The SMILES string of the molecule is O=C(Nc1cnn(CC(F)(F)F)c1)C1CCC(=O)N1Cc1cccs1. The fraction of sp³-hybridized carbons (Fsp3) is 0.400. The lowest BCUT2D eigenvalue weighted by atomic mass is 10.2. The molecule has 0 radical (unpaired) electrons. The highest BCUT2D eigenvalue weighted by molar-refractivity contribution is 7.09. The van der Waals surface area contributed by atoms with Crippen molar-refractivity contribution in [3.05, 3.63) is 34.8 Å². The van der Waals surface area contributed by atoms with E-state index in [1.54, 1.807) is 0 Å². The van der Waals surface area contributed by atoms with E-state index in [4.69, 9.17) is 0 Å². The number of nitrogens with one attached hydrogen (secondary N) is 1. The number of amides is 2. The normalized spacial score (nSPS) is 18.0. The Hall–Kier alpha value is -2.36. The molecular formula is C15H15F3N4O2S. The molecule has 2 aromatic rings. The Labute approximate surface area is 145 Å². The summed E-state index contributed by atoms with van der Waals surface area (Å²) in [5, 5.41) is 8.01. The topological polar surface area (TPSA) is 67.2 Å². The molecular weight excluding hydrogens is 357 g/mol. The van der Waals surface area contributed by atoms with E-state index >= 15 is 0 Å². The lowest BCUT2D eigenvalue weighted by Gasteiger charge is -2.23. The summed E-state index contributed by atoms with van der Waals surface area (Å²) in [5.41, 5.74) is 0.171. The molecule has 0 aromatic carbocycles. The van der Waals surface area contributed by atoms with Gasteiger partial charge in [0.2, 0.25) is 11.8 Å². The highest BCUT2D eigenvalue weighted by Crippen LogP contribution is 2.24. The first kappa shape index (κ1) is 17.5. The van der Waals surface area contributed by atoms with Crippen molar-refractivity contribution >= 4 is 28.8 Å². The number of carbonyl (C=O) groups is 2. The molecule has 3 rings (SSSR count). The van der Waals surface area contributed by atoms with Crippen LogP contribution in [0.25, 0.3) is 0 Å². The Balaban J connectivity index is 1.64. The van der Waals surface area contributed by atoms with Crippen LogP contribution in [0.5, 0.6) is 0 Å². The second-order valence-electron chi connectivity index (χ2n) is 5.69. The minimum absolute atomic E-state index is 0.110. The third-order valence-corrected chi connectivity index (χ3v) is 4.64. The standard InChI is InChI=1S/C15H15F3N4O2S/c16-15(17,18)9-21-7-10(6-19-21)20-14(24)12-3-4-13(23)22(12)8-11-2-1-5-25-11/h1-2,5-7,12H,3-4,8-9H2,(H,20,24). The molecule has 0 bridgehead atoms. The molecule has 134 valence electrons. The second kappa shape index (κ2) is 6.87. The van der Waals surface area contributed by atoms with E-state index in [9.17, 15) is 22.8 Å². The maximum atomic E-state index is 12.4. The van der Waals surface area contributed by atoms with E-state index in [1.807, 2.05) is 17.5 Å². The van der Waals surface area contributed by atoms with Crippen LogP contribution < -0.4 is 5.32 Å². The van der Waals surface area contributed by atoms with Crippen molar-refractivity contribution in [2.45, 2.75) is 38.1 Å². The van der Waals surface area contributed by atoms with Gasteiger partial charge in [0.15, 0.2) is 0 Å². The molecule has 0 spiro atoms. The fourth-order valence-electron chi connectivity index (χ4n) is 2.70. The average molecular weight is 372 g/mol. The Morgan fingerprint density at radius 1 is 1.44 bits per heavy atom. The van der Waals surface area contributed by atoms with Crippen molar-refractivity contribution in [3.63, 3.8) is 0 Å². The second-order valence-corrected chi connectivity index (χ2v) is 6.72. The lowest BCUT2D eigenvalue weighted by Crippen LogP contribution is -2.40. The van der Waals surface area contributed by atoms with E-state index in [0.717, 1.165) is 17.3 Å². The minimum atomic E-state index is -4.39. The van der Waals surface area contributed by atoms with Crippen molar-refractivity contribution in [1.29, 1.82) is 0 Å². The molecule has 3 heterocycles. The summed E-state index contributed by atoms with van der Waals surface area (Å²) < 4.78 is 37.7. The molecule has 2 amide bonds. The number of alkyl halides is 3. The number of halogens is 3. The van der Waals surface area contributed by atoms with Gasteiger partial charge in [-0.2, -0.15) is 18.3 Å². The monoisotopic (exact) mass is 372 g/mol. The molecule has 25 heavy (non-hydrogen) atoms. The number of hydrogen-bond donors (Lipinski definition) is 1. The first-order valence-electron chi connectivity index (χ1n) is 7.54. The van der Waals surface area contributed by atoms with Gasteiger partial charge in [-0.15, -0.1) is 11.3 Å². The van der Waals surface area contributed by atoms with Gasteiger partial charge in [-0.1, -0.05) is 6.07 Å². The van der Waals surface area contributed by atoms with Crippen LogP contribution in [0.15, 0.2) is 29.9 Å². The summed E-state index contributed by atoms with van der Waals surface area (Å²) in [4.78, 5) is 26.9. The maximum Gasteiger partial charge on any atom is 0.408 e. The number of carbonyl (C=O) groups excluding carboxylic acids is 2. The van der Waals surface area contributed by atoms with Gasteiger partial charge >= 0.3 is 6.18 Å². The quantitative estimate of drug-likeness (QED) is 0.877. The maximum absolute atomic E-state index is 12.4. The molecule has 1 atom stereocenters. The van der Waals surface area contributed by atoms with Gasteiger partial charge in [0.1, 0.15) is 12.6 Å². The smallest absolute Gasteiger partial charge is 0.326 e. The van der Waals surface area contributed by atoms with Gasteiger partial charge in [0.25, 0.3) is 0 Å². The number of aromatic nitrogens is 2. The average Bonchev–Trinajstić information content (AvgIpc) is 3.22.